The Kier molecular flexibility index (Phi) is 4.86. The molecule has 0 aliphatic heterocycles. The highest BCUT2D eigenvalue weighted by Crippen LogP contribution is 2.20. The standard InChI is InChI=1S/C21H17N3O2/c1-15-5-2-3-7-20(15)24-12-4-6-18(24)13-16(14-22)21(26)23-17-8-10-19(25)11-9-17/h2-13,25H,1H3,(H,23,26). The van der Waals surface area contributed by atoms with Gasteiger partial charge in [-0.3, -0.25) is 4.79 Å². The Balaban J connectivity index is 1.90. The van der Waals surface area contributed by atoms with Gasteiger partial charge in [-0.25, -0.2) is 0 Å². The first-order valence-electron chi connectivity index (χ1n) is 8.04. The molecule has 26 heavy (non-hydrogen) atoms. The number of phenolic OH excluding ortho intramolecular Hbond substituents is 1. The van der Waals surface area contributed by atoms with E-state index in [0.717, 1.165) is 16.9 Å². The molecular formula is C21H17N3O2. The third-order valence-corrected chi connectivity index (χ3v) is 3.94. The van der Waals surface area contributed by atoms with Crippen LogP contribution in [0, 0.1) is 18.3 Å². The van der Waals surface area contributed by atoms with Crippen molar-refractivity contribution in [1.29, 1.82) is 5.26 Å². The minimum atomic E-state index is -0.504. The molecule has 0 saturated heterocycles. The van der Waals surface area contributed by atoms with Crippen molar-refractivity contribution in [3.63, 3.8) is 0 Å². The minimum Gasteiger partial charge on any atom is -0.508 e. The number of hydrogen-bond donors (Lipinski definition) is 2. The van der Waals surface area contributed by atoms with Crippen molar-refractivity contribution in [1.82, 2.24) is 4.57 Å². The van der Waals surface area contributed by atoms with Crippen molar-refractivity contribution in [2.75, 3.05) is 5.32 Å². The zero-order valence-electron chi connectivity index (χ0n) is 14.2. The Morgan fingerprint density at radius 3 is 2.54 bits per heavy atom. The van der Waals surface area contributed by atoms with E-state index in [0.29, 0.717) is 5.69 Å². The number of nitriles is 1. The lowest BCUT2D eigenvalue weighted by atomic mass is 10.1. The predicted molar refractivity (Wildman–Crippen MR) is 101 cm³/mol. The molecule has 0 radical (unpaired) electrons. The van der Waals surface area contributed by atoms with Crippen LogP contribution in [0.15, 0.2) is 72.4 Å². The number of benzene rings is 2. The van der Waals surface area contributed by atoms with Crippen LogP contribution in [-0.4, -0.2) is 15.6 Å². The molecule has 0 aliphatic rings. The highest BCUT2D eigenvalue weighted by molar-refractivity contribution is 6.09. The maximum Gasteiger partial charge on any atom is 0.266 e. The maximum atomic E-state index is 12.4. The molecule has 1 aromatic heterocycles. The molecule has 0 fully saturated rings. The van der Waals surface area contributed by atoms with Gasteiger partial charge in [-0.1, -0.05) is 18.2 Å². The highest BCUT2D eigenvalue weighted by Gasteiger charge is 2.12. The van der Waals surface area contributed by atoms with Crippen molar-refractivity contribution in [2.24, 2.45) is 0 Å². The molecule has 5 nitrogen and oxygen atoms in total. The SMILES string of the molecule is Cc1ccccc1-n1cccc1C=C(C#N)C(=O)Nc1ccc(O)cc1. The number of aromatic hydroxyl groups is 1. The molecule has 1 amide bonds. The number of carbonyl (C=O) groups is 1. The topological polar surface area (TPSA) is 78.0 Å². The van der Waals surface area contributed by atoms with E-state index in [4.69, 9.17) is 0 Å². The van der Waals surface area contributed by atoms with Gasteiger partial charge in [-0.05, 0) is 61.0 Å². The van der Waals surface area contributed by atoms with Crippen LogP contribution in [0.3, 0.4) is 0 Å². The van der Waals surface area contributed by atoms with Crippen molar-refractivity contribution < 1.29 is 9.90 Å². The molecule has 2 aromatic carbocycles. The third-order valence-electron chi connectivity index (χ3n) is 3.94. The van der Waals surface area contributed by atoms with Gasteiger partial charge in [0, 0.05) is 23.3 Å². The van der Waals surface area contributed by atoms with Crippen molar-refractivity contribution in [3.05, 3.63) is 83.7 Å². The smallest absolute Gasteiger partial charge is 0.266 e. The van der Waals surface area contributed by atoms with E-state index in [1.807, 2.05) is 60.2 Å². The summed E-state index contributed by atoms with van der Waals surface area (Å²) in [6.45, 7) is 2.01. The Bertz CT molecular complexity index is 1010. The van der Waals surface area contributed by atoms with Gasteiger partial charge in [0.05, 0.1) is 0 Å². The average Bonchev–Trinajstić information content (AvgIpc) is 3.10. The van der Waals surface area contributed by atoms with Crippen LogP contribution < -0.4 is 5.32 Å². The fourth-order valence-electron chi connectivity index (χ4n) is 2.60. The average molecular weight is 343 g/mol. The summed E-state index contributed by atoms with van der Waals surface area (Å²) < 4.78 is 1.93. The maximum absolute atomic E-state index is 12.4. The number of carbonyl (C=O) groups excluding carboxylic acids is 1. The number of nitrogens with zero attached hydrogens (tertiary/aromatic N) is 2. The Morgan fingerprint density at radius 1 is 1.12 bits per heavy atom. The van der Waals surface area contributed by atoms with Crippen LogP contribution in [0.5, 0.6) is 5.75 Å². The van der Waals surface area contributed by atoms with E-state index >= 15 is 0 Å². The normalized spacial score (nSPS) is 11.0. The van der Waals surface area contributed by atoms with Crippen molar-refractivity contribution in [2.45, 2.75) is 6.92 Å². The number of nitrogens with one attached hydrogen (secondary N) is 1. The van der Waals surface area contributed by atoms with Crippen LogP contribution >= 0.6 is 0 Å². The Morgan fingerprint density at radius 2 is 1.85 bits per heavy atom. The van der Waals surface area contributed by atoms with Crippen LogP contribution in [0.1, 0.15) is 11.3 Å². The van der Waals surface area contributed by atoms with Crippen LogP contribution in [-0.2, 0) is 4.79 Å². The van der Waals surface area contributed by atoms with Gasteiger partial charge in [0.1, 0.15) is 17.4 Å². The van der Waals surface area contributed by atoms with E-state index < -0.39 is 5.91 Å². The second-order valence-corrected chi connectivity index (χ2v) is 5.76. The Hall–Kier alpha value is -3.78. The lowest BCUT2D eigenvalue weighted by Gasteiger charge is -2.10. The zero-order chi connectivity index (χ0) is 18.5. The van der Waals surface area contributed by atoms with Crippen molar-refractivity contribution >= 4 is 17.7 Å². The molecule has 0 unspecified atom stereocenters. The number of aromatic nitrogens is 1. The van der Waals surface area contributed by atoms with E-state index in [-0.39, 0.29) is 11.3 Å². The fraction of sp³-hybridized carbons (Fsp3) is 0.0476. The summed E-state index contributed by atoms with van der Waals surface area (Å²) in [5.41, 5.74) is 3.30. The molecular weight excluding hydrogens is 326 g/mol. The molecule has 5 heteroatoms. The van der Waals surface area contributed by atoms with Gasteiger partial charge >= 0.3 is 0 Å². The van der Waals surface area contributed by atoms with E-state index in [9.17, 15) is 15.2 Å². The number of phenols is 1. The summed E-state index contributed by atoms with van der Waals surface area (Å²) in [5, 5.41) is 21.4. The molecule has 0 saturated carbocycles. The predicted octanol–water partition coefficient (Wildman–Crippen LogP) is 4.04. The summed E-state index contributed by atoms with van der Waals surface area (Å²) >= 11 is 0. The highest BCUT2D eigenvalue weighted by atomic mass is 16.3. The van der Waals surface area contributed by atoms with Crippen LogP contribution in [0.2, 0.25) is 0 Å². The lowest BCUT2D eigenvalue weighted by Crippen LogP contribution is -2.13. The first kappa shape index (κ1) is 17.1. The zero-order valence-corrected chi connectivity index (χ0v) is 14.2. The lowest BCUT2D eigenvalue weighted by molar-refractivity contribution is -0.112. The first-order chi connectivity index (χ1) is 12.6. The number of aryl methyl sites for hydroxylation is 1. The molecule has 128 valence electrons. The van der Waals surface area contributed by atoms with Gasteiger partial charge in [0.25, 0.3) is 5.91 Å². The summed E-state index contributed by atoms with van der Waals surface area (Å²) in [5.74, 6) is -0.397. The van der Waals surface area contributed by atoms with Gasteiger partial charge in [0.15, 0.2) is 0 Å². The monoisotopic (exact) mass is 343 g/mol. The van der Waals surface area contributed by atoms with E-state index in [1.165, 1.54) is 12.1 Å². The number of rotatable bonds is 4. The molecule has 3 aromatic rings. The second-order valence-electron chi connectivity index (χ2n) is 5.76. The molecule has 0 aliphatic carbocycles. The largest absolute Gasteiger partial charge is 0.508 e. The van der Waals surface area contributed by atoms with Gasteiger partial charge in [-0.15, -0.1) is 0 Å². The van der Waals surface area contributed by atoms with Gasteiger partial charge in [0.2, 0.25) is 0 Å². The summed E-state index contributed by atoms with van der Waals surface area (Å²) in [6, 6.07) is 19.6. The number of amides is 1. The van der Waals surface area contributed by atoms with E-state index in [2.05, 4.69) is 5.32 Å². The molecule has 0 spiro atoms. The summed E-state index contributed by atoms with van der Waals surface area (Å²) in [7, 11) is 0. The number of anilines is 1. The van der Waals surface area contributed by atoms with Crippen LogP contribution in [0.4, 0.5) is 5.69 Å². The minimum absolute atomic E-state index is 0.00777. The summed E-state index contributed by atoms with van der Waals surface area (Å²) in [4.78, 5) is 12.4. The van der Waals surface area contributed by atoms with Gasteiger partial charge in [-0.2, -0.15) is 5.26 Å². The molecule has 2 N–H and O–H groups in total. The number of para-hydroxylation sites is 1. The quantitative estimate of drug-likeness (QED) is 0.426. The fourth-order valence-corrected chi connectivity index (χ4v) is 2.60. The van der Waals surface area contributed by atoms with Gasteiger partial charge < -0.3 is 15.0 Å². The number of hydrogen-bond acceptors (Lipinski definition) is 3. The van der Waals surface area contributed by atoms with Crippen LogP contribution in [0.25, 0.3) is 11.8 Å². The first-order valence-corrected chi connectivity index (χ1v) is 8.04. The molecule has 3 rings (SSSR count). The summed E-state index contributed by atoms with van der Waals surface area (Å²) in [6.07, 6.45) is 3.45. The second kappa shape index (κ2) is 7.41. The molecule has 0 atom stereocenters. The Labute approximate surface area is 151 Å². The molecule has 1 heterocycles. The van der Waals surface area contributed by atoms with Crippen molar-refractivity contribution in [3.8, 4) is 17.5 Å². The third kappa shape index (κ3) is 3.65. The van der Waals surface area contributed by atoms with E-state index in [1.54, 1.807) is 18.2 Å². The molecule has 0 bridgehead atoms.